The Hall–Kier alpha value is -2.57. The van der Waals surface area contributed by atoms with Crippen LogP contribution in [0.1, 0.15) is 62.5 Å². The number of oxime groups is 1. The number of hydrogen-bond donors (Lipinski definition) is 2. The average molecular weight is 384 g/mol. The van der Waals surface area contributed by atoms with Crippen LogP contribution in [-0.2, 0) is 9.63 Å². The van der Waals surface area contributed by atoms with Crippen molar-refractivity contribution in [1.29, 1.82) is 5.41 Å². The summed E-state index contributed by atoms with van der Waals surface area (Å²) in [5, 5.41) is 12.7. The molecule has 2 aliphatic heterocycles. The molecule has 1 aromatic carbocycles. The van der Waals surface area contributed by atoms with Gasteiger partial charge in [-0.1, -0.05) is 17.6 Å². The minimum absolute atomic E-state index is 0.179. The number of likely N-dealkylation sites (tertiary alicyclic amines) is 1. The first-order chi connectivity index (χ1) is 13.6. The maximum Gasteiger partial charge on any atom is 0.261 e. The first-order valence-corrected chi connectivity index (χ1v) is 10.3. The van der Waals surface area contributed by atoms with Crippen LogP contribution in [0.5, 0.6) is 5.75 Å². The molecular formula is C21H28N4O3. The van der Waals surface area contributed by atoms with E-state index < -0.39 is 12.0 Å². The number of amidine groups is 1. The lowest BCUT2D eigenvalue weighted by Crippen LogP contribution is -2.29. The molecule has 4 rings (SSSR count). The zero-order valence-corrected chi connectivity index (χ0v) is 16.2. The van der Waals surface area contributed by atoms with Crippen molar-refractivity contribution in [1.82, 2.24) is 4.90 Å². The molecule has 0 bridgehead atoms. The van der Waals surface area contributed by atoms with Gasteiger partial charge in [0.15, 0.2) is 0 Å². The van der Waals surface area contributed by atoms with Crippen LogP contribution >= 0.6 is 0 Å². The summed E-state index contributed by atoms with van der Waals surface area (Å²) in [4.78, 5) is 18.7. The number of nitrogens with two attached hydrogens (primary N) is 1. The smallest absolute Gasteiger partial charge is 0.261 e. The monoisotopic (exact) mass is 384 g/mol. The van der Waals surface area contributed by atoms with Gasteiger partial charge in [-0.3, -0.25) is 10.2 Å². The predicted octanol–water partition coefficient (Wildman–Crippen LogP) is 2.80. The fraction of sp³-hybridized carbons (Fsp3) is 0.571. The van der Waals surface area contributed by atoms with Gasteiger partial charge in [0.25, 0.3) is 5.91 Å². The van der Waals surface area contributed by atoms with Gasteiger partial charge in [-0.2, -0.15) is 0 Å². The number of nitrogens with zero attached hydrogens (tertiary/aromatic N) is 2. The number of hydrogen-bond acceptors (Lipinski definition) is 5. The van der Waals surface area contributed by atoms with E-state index in [1.54, 1.807) is 0 Å². The standard InChI is InChI=1S/C21H28N4O3/c22-20(25-10-4-5-11-25)14-8-9-16(17-13-19(21(23)26)28-24-17)18(12-14)27-15-6-2-1-3-7-15/h8-9,12,15,19,22H,1-7,10-11,13H2,(H2,23,26). The highest BCUT2D eigenvalue weighted by Crippen LogP contribution is 2.31. The van der Waals surface area contributed by atoms with Gasteiger partial charge < -0.3 is 20.2 Å². The summed E-state index contributed by atoms with van der Waals surface area (Å²) in [6.07, 6.45) is 7.77. The first-order valence-electron chi connectivity index (χ1n) is 10.3. The number of primary amides is 1. The Labute approximate surface area is 165 Å². The second-order valence-corrected chi connectivity index (χ2v) is 7.87. The summed E-state index contributed by atoms with van der Waals surface area (Å²) in [7, 11) is 0. The van der Waals surface area contributed by atoms with Crippen molar-refractivity contribution < 1.29 is 14.4 Å². The van der Waals surface area contributed by atoms with Crippen LogP contribution in [0, 0.1) is 5.41 Å². The molecule has 3 N–H and O–H groups in total. The zero-order chi connectivity index (χ0) is 19.5. The number of nitrogens with one attached hydrogen (secondary N) is 1. The minimum Gasteiger partial charge on any atom is -0.490 e. The fourth-order valence-corrected chi connectivity index (χ4v) is 4.18. The molecule has 2 heterocycles. The molecule has 1 unspecified atom stereocenters. The maximum absolute atomic E-state index is 11.4. The van der Waals surface area contributed by atoms with Gasteiger partial charge in [0.2, 0.25) is 6.10 Å². The molecular weight excluding hydrogens is 356 g/mol. The highest BCUT2D eigenvalue weighted by atomic mass is 16.6. The molecule has 1 saturated heterocycles. The Morgan fingerprint density at radius 3 is 2.61 bits per heavy atom. The lowest BCUT2D eigenvalue weighted by molar-refractivity contribution is -0.127. The molecule has 0 spiro atoms. The zero-order valence-electron chi connectivity index (χ0n) is 16.2. The van der Waals surface area contributed by atoms with E-state index in [1.165, 1.54) is 19.3 Å². The third-order valence-corrected chi connectivity index (χ3v) is 5.82. The quantitative estimate of drug-likeness (QED) is 0.602. The largest absolute Gasteiger partial charge is 0.490 e. The van der Waals surface area contributed by atoms with E-state index in [0.717, 1.165) is 55.6 Å². The Kier molecular flexibility index (Phi) is 5.50. The first kappa shape index (κ1) is 18.8. The van der Waals surface area contributed by atoms with Crippen LogP contribution in [0.2, 0.25) is 0 Å². The molecule has 2 fully saturated rings. The van der Waals surface area contributed by atoms with Crippen molar-refractivity contribution in [3.8, 4) is 5.75 Å². The number of carbonyl (C=O) groups excluding carboxylic acids is 1. The van der Waals surface area contributed by atoms with Crippen LogP contribution in [0.15, 0.2) is 23.4 Å². The summed E-state index contributed by atoms with van der Waals surface area (Å²) in [6.45, 7) is 1.86. The maximum atomic E-state index is 11.4. The van der Waals surface area contributed by atoms with Gasteiger partial charge in [0.1, 0.15) is 11.6 Å². The molecule has 7 nitrogen and oxygen atoms in total. The van der Waals surface area contributed by atoms with Crippen molar-refractivity contribution in [2.75, 3.05) is 13.1 Å². The van der Waals surface area contributed by atoms with Crippen LogP contribution in [0.3, 0.4) is 0 Å². The number of ether oxygens (including phenoxy) is 1. The lowest BCUT2D eigenvalue weighted by atomic mass is 9.97. The van der Waals surface area contributed by atoms with Gasteiger partial charge in [0.05, 0.1) is 11.8 Å². The molecule has 28 heavy (non-hydrogen) atoms. The topological polar surface area (TPSA) is 101 Å². The van der Waals surface area contributed by atoms with Gasteiger partial charge in [0, 0.05) is 30.6 Å². The summed E-state index contributed by atoms with van der Waals surface area (Å²) < 4.78 is 6.38. The van der Waals surface area contributed by atoms with Crippen molar-refractivity contribution >= 4 is 17.5 Å². The molecule has 3 aliphatic rings. The molecule has 1 aliphatic carbocycles. The number of carbonyl (C=O) groups is 1. The molecule has 1 amide bonds. The van der Waals surface area contributed by atoms with Crippen molar-refractivity contribution in [2.45, 2.75) is 63.6 Å². The van der Waals surface area contributed by atoms with E-state index in [-0.39, 0.29) is 6.10 Å². The summed E-state index contributed by atoms with van der Waals surface area (Å²) in [5.41, 5.74) is 7.71. The normalized spacial score (nSPS) is 22.6. The molecule has 0 radical (unpaired) electrons. The van der Waals surface area contributed by atoms with E-state index in [9.17, 15) is 4.79 Å². The molecule has 7 heteroatoms. The third-order valence-electron chi connectivity index (χ3n) is 5.82. The Morgan fingerprint density at radius 1 is 1.18 bits per heavy atom. The predicted molar refractivity (Wildman–Crippen MR) is 107 cm³/mol. The van der Waals surface area contributed by atoms with Crippen LogP contribution < -0.4 is 10.5 Å². The third kappa shape index (κ3) is 3.98. The summed E-state index contributed by atoms with van der Waals surface area (Å²) in [5.74, 6) is 0.749. The van der Waals surface area contributed by atoms with E-state index in [1.807, 2.05) is 18.2 Å². The lowest BCUT2D eigenvalue weighted by Gasteiger charge is -2.25. The van der Waals surface area contributed by atoms with Gasteiger partial charge in [-0.15, -0.1) is 0 Å². The van der Waals surface area contributed by atoms with E-state index in [2.05, 4.69) is 10.1 Å². The van der Waals surface area contributed by atoms with E-state index in [0.29, 0.717) is 18.0 Å². The van der Waals surface area contributed by atoms with Crippen LogP contribution in [0.4, 0.5) is 0 Å². The number of rotatable bonds is 5. The Morgan fingerprint density at radius 2 is 1.93 bits per heavy atom. The highest BCUT2D eigenvalue weighted by molar-refractivity contribution is 6.07. The van der Waals surface area contributed by atoms with Gasteiger partial charge in [-0.25, -0.2) is 0 Å². The van der Waals surface area contributed by atoms with E-state index >= 15 is 0 Å². The average Bonchev–Trinajstić information content (AvgIpc) is 3.40. The molecule has 1 aromatic rings. The number of amides is 1. The Balaban J connectivity index is 1.60. The van der Waals surface area contributed by atoms with Crippen LogP contribution in [0.25, 0.3) is 0 Å². The molecule has 150 valence electrons. The molecule has 1 atom stereocenters. The second kappa shape index (κ2) is 8.20. The van der Waals surface area contributed by atoms with Crippen molar-refractivity contribution in [2.24, 2.45) is 10.9 Å². The highest BCUT2D eigenvalue weighted by Gasteiger charge is 2.29. The SMILES string of the molecule is N=C(c1ccc(C2=NOC(C(N)=O)C2)c(OC2CCCCC2)c1)N1CCCC1. The van der Waals surface area contributed by atoms with Gasteiger partial charge >= 0.3 is 0 Å². The van der Waals surface area contributed by atoms with Gasteiger partial charge in [-0.05, 0) is 50.7 Å². The van der Waals surface area contributed by atoms with Crippen molar-refractivity contribution in [3.63, 3.8) is 0 Å². The van der Waals surface area contributed by atoms with Crippen LogP contribution in [-0.4, -0.2) is 47.7 Å². The summed E-state index contributed by atoms with van der Waals surface area (Å²) >= 11 is 0. The Bertz CT molecular complexity index is 780. The summed E-state index contributed by atoms with van der Waals surface area (Å²) in [6, 6.07) is 5.82. The fourth-order valence-electron chi connectivity index (χ4n) is 4.18. The molecule has 0 aromatic heterocycles. The second-order valence-electron chi connectivity index (χ2n) is 7.87. The number of benzene rings is 1. The van der Waals surface area contributed by atoms with E-state index in [4.69, 9.17) is 20.7 Å². The molecule has 1 saturated carbocycles. The minimum atomic E-state index is -0.722. The van der Waals surface area contributed by atoms with Crippen molar-refractivity contribution in [3.05, 3.63) is 29.3 Å².